The van der Waals surface area contributed by atoms with Gasteiger partial charge >= 0.3 is 0 Å². The fourth-order valence-electron chi connectivity index (χ4n) is 2.62. The van der Waals surface area contributed by atoms with E-state index in [0.717, 1.165) is 37.2 Å². The molecular formula is C18H18N2OS. The Bertz CT molecular complexity index is 703. The van der Waals surface area contributed by atoms with Gasteiger partial charge in [0.15, 0.2) is 0 Å². The van der Waals surface area contributed by atoms with Crippen molar-refractivity contribution in [3.8, 4) is 11.8 Å². The molecule has 1 saturated heterocycles. The maximum absolute atomic E-state index is 12.2. The van der Waals surface area contributed by atoms with Gasteiger partial charge in [-0.2, -0.15) is 0 Å². The van der Waals surface area contributed by atoms with Crippen LogP contribution in [0.4, 0.5) is 0 Å². The number of piperidine rings is 1. The predicted octanol–water partition coefficient (Wildman–Crippen LogP) is 3.21. The summed E-state index contributed by atoms with van der Waals surface area (Å²) in [6.45, 7) is 3.56. The Morgan fingerprint density at radius 3 is 2.64 bits per heavy atom. The third kappa shape index (κ3) is 3.55. The highest BCUT2D eigenvalue weighted by molar-refractivity contribution is 7.09. The number of likely N-dealkylation sites (tertiary alicyclic amines) is 1. The van der Waals surface area contributed by atoms with Crippen molar-refractivity contribution in [2.45, 2.75) is 25.7 Å². The maximum atomic E-state index is 12.2. The topological polar surface area (TPSA) is 33.2 Å². The molecule has 1 fully saturated rings. The van der Waals surface area contributed by atoms with Gasteiger partial charge in [0.2, 0.25) is 0 Å². The van der Waals surface area contributed by atoms with Crippen molar-refractivity contribution >= 4 is 17.2 Å². The third-order valence-corrected chi connectivity index (χ3v) is 4.98. The van der Waals surface area contributed by atoms with E-state index in [1.807, 2.05) is 42.2 Å². The molecule has 1 aliphatic heterocycles. The molecule has 2 heterocycles. The lowest BCUT2D eigenvalue weighted by Crippen LogP contribution is -2.37. The van der Waals surface area contributed by atoms with Crippen LogP contribution >= 0.6 is 11.3 Å². The summed E-state index contributed by atoms with van der Waals surface area (Å²) in [4.78, 5) is 18.6. The number of aromatic nitrogens is 1. The molecule has 0 bridgehead atoms. The van der Waals surface area contributed by atoms with E-state index in [0.29, 0.717) is 5.92 Å². The first-order valence-corrected chi connectivity index (χ1v) is 8.38. The quantitative estimate of drug-likeness (QED) is 0.758. The molecule has 4 heteroatoms. The van der Waals surface area contributed by atoms with Gasteiger partial charge in [-0.1, -0.05) is 24.1 Å². The predicted molar refractivity (Wildman–Crippen MR) is 88.7 cm³/mol. The van der Waals surface area contributed by atoms with Crippen LogP contribution in [0.5, 0.6) is 0 Å². The third-order valence-electron chi connectivity index (χ3n) is 3.86. The Hall–Kier alpha value is -2.12. The molecule has 1 aromatic heterocycles. The second-order valence-electron chi connectivity index (χ2n) is 5.51. The average Bonchev–Trinajstić information content (AvgIpc) is 3.00. The summed E-state index contributed by atoms with van der Waals surface area (Å²) in [5.74, 6) is 6.11. The molecule has 0 radical (unpaired) electrons. The van der Waals surface area contributed by atoms with E-state index in [1.54, 1.807) is 11.3 Å². The molecule has 0 spiro atoms. The van der Waals surface area contributed by atoms with E-state index in [-0.39, 0.29) is 5.91 Å². The van der Waals surface area contributed by atoms with E-state index >= 15 is 0 Å². The minimum Gasteiger partial charge on any atom is -0.332 e. The number of hydrogen-bond donors (Lipinski definition) is 0. The molecule has 0 atom stereocenters. The number of carbonyl (C=O) groups excluding carboxylic acids is 1. The second-order valence-corrected chi connectivity index (χ2v) is 6.40. The van der Waals surface area contributed by atoms with Crippen molar-refractivity contribution < 1.29 is 4.79 Å². The van der Waals surface area contributed by atoms with E-state index in [4.69, 9.17) is 0 Å². The van der Waals surface area contributed by atoms with Gasteiger partial charge in [0, 0.05) is 41.6 Å². The van der Waals surface area contributed by atoms with E-state index in [2.05, 4.69) is 22.2 Å². The summed E-state index contributed by atoms with van der Waals surface area (Å²) in [5, 5.41) is 3.30. The molecule has 1 amide bonds. The van der Waals surface area contributed by atoms with Crippen LogP contribution in [0.25, 0.3) is 0 Å². The standard InChI is InChI=1S/C18H18N2OS/c1-14-13-22-18(19-14)16-9-11-20(12-10-16)17(21)8-7-15-5-3-2-4-6-15/h2-6,13,16H,9-12H2,1H3. The maximum Gasteiger partial charge on any atom is 0.298 e. The first-order chi connectivity index (χ1) is 10.7. The first kappa shape index (κ1) is 14.8. The van der Waals surface area contributed by atoms with Crippen molar-refractivity contribution in [1.29, 1.82) is 0 Å². The Labute approximate surface area is 135 Å². The zero-order chi connectivity index (χ0) is 15.4. The number of benzene rings is 1. The van der Waals surface area contributed by atoms with Gasteiger partial charge in [0.05, 0.1) is 5.01 Å². The molecule has 3 rings (SSSR count). The zero-order valence-electron chi connectivity index (χ0n) is 12.6. The van der Waals surface area contributed by atoms with Gasteiger partial charge < -0.3 is 4.90 Å². The highest BCUT2D eigenvalue weighted by atomic mass is 32.1. The van der Waals surface area contributed by atoms with Crippen LogP contribution in [0, 0.1) is 18.8 Å². The summed E-state index contributed by atoms with van der Waals surface area (Å²) in [7, 11) is 0. The fourth-order valence-corrected chi connectivity index (χ4v) is 3.58. The van der Waals surface area contributed by atoms with E-state index in [9.17, 15) is 4.79 Å². The Balaban J connectivity index is 1.57. The van der Waals surface area contributed by atoms with Crippen LogP contribution in [0.1, 0.15) is 35.0 Å². The van der Waals surface area contributed by atoms with Crippen LogP contribution in [0.15, 0.2) is 35.7 Å². The van der Waals surface area contributed by atoms with Crippen LogP contribution < -0.4 is 0 Å². The van der Waals surface area contributed by atoms with Crippen LogP contribution in [0.3, 0.4) is 0 Å². The minimum absolute atomic E-state index is 0.0716. The molecule has 1 aliphatic rings. The average molecular weight is 310 g/mol. The number of hydrogen-bond acceptors (Lipinski definition) is 3. The number of aryl methyl sites for hydroxylation is 1. The number of thiazole rings is 1. The first-order valence-electron chi connectivity index (χ1n) is 7.50. The zero-order valence-corrected chi connectivity index (χ0v) is 13.4. The van der Waals surface area contributed by atoms with Gasteiger partial charge in [-0.05, 0) is 31.9 Å². The summed E-state index contributed by atoms with van der Waals surface area (Å²) in [6.07, 6.45) is 1.96. The molecule has 0 saturated carbocycles. The normalized spacial score (nSPS) is 15.2. The molecule has 0 N–H and O–H groups in total. The van der Waals surface area contributed by atoms with Crippen molar-refractivity contribution in [3.63, 3.8) is 0 Å². The summed E-state index contributed by atoms with van der Waals surface area (Å²) >= 11 is 1.73. The Morgan fingerprint density at radius 2 is 2.00 bits per heavy atom. The molecule has 0 unspecified atom stereocenters. The minimum atomic E-state index is -0.0716. The Kier molecular flexibility index (Phi) is 4.55. The highest BCUT2D eigenvalue weighted by Crippen LogP contribution is 2.30. The van der Waals surface area contributed by atoms with Crippen molar-refractivity contribution in [2.24, 2.45) is 0 Å². The van der Waals surface area contributed by atoms with Gasteiger partial charge in [-0.3, -0.25) is 4.79 Å². The summed E-state index contributed by atoms with van der Waals surface area (Å²) in [6, 6.07) is 9.62. The van der Waals surface area contributed by atoms with E-state index < -0.39 is 0 Å². The molecule has 0 aliphatic carbocycles. The SMILES string of the molecule is Cc1csc(C2CCN(C(=O)C#Cc3ccccc3)CC2)n1. The molecule has 1 aromatic carbocycles. The summed E-state index contributed by atoms with van der Waals surface area (Å²) in [5.41, 5.74) is 1.97. The second kappa shape index (κ2) is 6.76. The highest BCUT2D eigenvalue weighted by Gasteiger charge is 2.24. The molecule has 3 nitrogen and oxygen atoms in total. The lowest BCUT2D eigenvalue weighted by molar-refractivity contribution is -0.126. The molecule has 112 valence electrons. The van der Waals surface area contributed by atoms with Crippen LogP contribution in [0.2, 0.25) is 0 Å². The van der Waals surface area contributed by atoms with Crippen LogP contribution in [-0.4, -0.2) is 28.9 Å². The van der Waals surface area contributed by atoms with Gasteiger partial charge in [0.1, 0.15) is 0 Å². The fraction of sp³-hybridized carbons (Fsp3) is 0.333. The smallest absolute Gasteiger partial charge is 0.298 e. The van der Waals surface area contributed by atoms with Crippen molar-refractivity contribution in [3.05, 3.63) is 52.0 Å². The molecule has 2 aromatic rings. The molecular weight excluding hydrogens is 292 g/mol. The largest absolute Gasteiger partial charge is 0.332 e. The number of nitrogens with zero attached hydrogens (tertiary/aromatic N) is 2. The van der Waals surface area contributed by atoms with Crippen molar-refractivity contribution in [1.82, 2.24) is 9.88 Å². The van der Waals surface area contributed by atoms with Gasteiger partial charge in [0.25, 0.3) is 5.91 Å². The number of rotatable bonds is 1. The van der Waals surface area contributed by atoms with Gasteiger partial charge in [-0.15, -0.1) is 11.3 Å². The summed E-state index contributed by atoms with van der Waals surface area (Å²) < 4.78 is 0. The van der Waals surface area contributed by atoms with Crippen molar-refractivity contribution in [2.75, 3.05) is 13.1 Å². The monoisotopic (exact) mass is 310 g/mol. The number of amides is 1. The lowest BCUT2D eigenvalue weighted by atomic mass is 9.97. The van der Waals surface area contributed by atoms with E-state index in [1.165, 1.54) is 5.01 Å². The lowest BCUT2D eigenvalue weighted by Gasteiger charge is -2.29. The van der Waals surface area contributed by atoms with Gasteiger partial charge in [-0.25, -0.2) is 4.98 Å². The molecule has 22 heavy (non-hydrogen) atoms. The Morgan fingerprint density at radius 1 is 1.27 bits per heavy atom. The number of carbonyl (C=O) groups is 1. The van der Waals surface area contributed by atoms with Crippen LogP contribution in [-0.2, 0) is 4.79 Å².